The third-order valence-corrected chi connectivity index (χ3v) is 5.25. The summed E-state index contributed by atoms with van der Waals surface area (Å²) in [5, 5.41) is 3.07. The summed E-state index contributed by atoms with van der Waals surface area (Å²) >= 11 is 0. The van der Waals surface area contributed by atoms with Gasteiger partial charge in [0, 0.05) is 25.6 Å². The Hall–Kier alpha value is -1.14. The van der Waals surface area contributed by atoms with E-state index in [1.165, 1.54) is 0 Å². The summed E-state index contributed by atoms with van der Waals surface area (Å²) in [4.78, 5) is 28.1. The molecule has 0 spiro atoms. The molecule has 126 valence electrons. The van der Waals surface area contributed by atoms with E-state index in [0.29, 0.717) is 18.6 Å². The Kier molecular flexibility index (Phi) is 5.45. The summed E-state index contributed by atoms with van der Waals surface area (Å²) in [6.07, 6.45) is 3.58. The van der Waals surface area contributed by atoms with Gasteiger partial charge in [-0.1, -0.05) is 0 Å². The fourth-order valence-corrected chi connectivity index (χ4v) is 3.77. The number of nitrogens with two attached hydrogens (primary N) is 1. The van der Waals surface area contributed by atoms with Crippen molar-refractivity contribution in [1.82, 2.24) is 15.1 Å². The van der Waals surface area contributed by atoms with Gasteiger partial charge in [-0.15, -0.1) is 0 Å². The Morgan fingerprint density at radius 2 is 2.05 bits per heavy atom. The molecule has 0 bridgehead atoms. The van der Waals surface area contributed by atoms with Crippen molar-refractivity contribution in [3.63, 3.8) is 0 Å². The van der Waals surface area contributed by atoms with Gasteiger partial charge < -0.3 is 20.9 Å². The minimum atomic E-state index is -0.367. The minimum Gasteiger partial charge on any atom is -0.351 e. The second-order valence-electron chi connectivity index (χ2n) is 7.03. The van der Waals surface area contributed by atoms with Gasteiger partial charge in [0.05, 0.1) is 18.1 Å². The van der Waals surface area contributed by atoms with Crippen molar-refractivity contribution < 1.29 is 9.59 Å². The van der Waals surface area contributed by atoms with Crippen LogP contribution in [-0.2, 0) is 9.59 Å². The summed E-state index contributed by atoms with van der Waals surface area (Å²) in [5.74, 6) is 0.00908. The van der Waals surface area contributed by atoms with Crippen molar-refractivity contribution in [3.8, 4) is 0 Å². The van der Waals surface area contributed by atoms with Crippen molar-refractivity contribution in [3.05, 3.63) is 0 Å². The molecule has 4 atom stereocenters. The van der Waals surface area contributed by atoms with Gasteiger partial charge in [0.15, 0.2) is 0 Å². The molecule has 2 unspecified atom stereocenters. The Balaban J connectivity index is 2.10. The predicted molar refractivity (Wildman–Crippen MR) is 86.2 cm³/mol. The molecule has 1 aliphatic carbocycles. The van der Waals surface area contributed by atoms with E-state index in [9.17, 15) is 9.59 Å². The van der Waals surface area contributed by atoms with Gasteiger partial charge in [0.25, 0.3) is 0 Å². The van der Waals surface area contributed by atoms with Crippen LogP contribution in [0.4, 0.5) is 0 Å². The Labute approximate surface area is 133 Å². The monoisotopic (exact) mass is 310 g/mol. The van der Waals surface area contributed by atoms with Crippen LogP contribution in [0.3, 0.4) is 0 Å². The molecule has 1 aliphatic heterocycles. The zero-order valence-electron chi connectivity index (χ0n) is 14.2. The first-order chi connectivity index (χ1) is 10.3. The quantitative estimate of drug-likeness (QED) is 0.783. The molecule has 1 saturated heterocycles. The molecule has 3 N–H and O–H groups in total. The van der Waals surface area contributed by atoms with Gasteiger partial charge >= 0.3 is 0 Å². The molecule has 6 nitrogen and oxygen atoms in total. The van der Waals surface area contributed by atoms with Crippen LogP contribution in [0.1, 0.15) is 46.5 Å². The maximum Gasteiger partial charge on any atom is 0.239 e. The number of carbonyl (C=O) groups excluding carboxylic acids is 2. The Morgan fingerprint density at radius 3 is 2.55 bits per heavy atom. The smallest absolute Gasteiger partial charge is 0.239 e. The molecular weight excluding hydrogens is 280 g/mol. The molecule has 2 aliphatic rings. The zero-order chi connectivity index (χ0) is 16.4. The lowest BCUT2D eigenvalue weighted by atomic mass is 9.84. The maximum atomic E-state index is 12.2. The van der Waals surface area contributed by atoms with Crippen LogP contribution in [0, 0.1) is 0 Å². The highest BCUT2D eigenvalue weighted by molar-refractivity contribution is 5.84. The standard InChI is InChI=1S/C16H30N4O2/c1-10(2)19(4)12-5-6-15(14(9-12)18-11(3)21)20-8-7-13(17)16(20)22/h10,12-15H,5-9,17H2,1-4H3,(H,18,21)/t12?,13-,14+,15?/m0/s1. The molecule has 1 saturated carbocycles. The van der Waals surface area contributed by atoms with Crippen molar-refractivity contribution in [2.45, 2.75) is 76.7 Å². The van der Waals surface area contributed by atoms with Crippen LogP contribution in [0.2, 0.25) is 0 Å². The molecule has 6 heteroatoms. The van der Waals surface area contributed by atoms with E-state index in [-0.39, 0.29) is 29.9 Å². The predicted octanol–water partition coefficient (Wildman–Crippen LogP) is 0.312. The van der Waals surface area contributed by atoms with Crippen molar-refractivity contribution >= 4 is 11.8 Å². The average molecular weight is 310 g/mol. The first kappa shape index (κ1) is 17.2. The minimum absolute atomic E-state index is 0.0201. The third-order valence-electron chi connectivity index (χ3n) is 5.25. The molecule has 2 amide bonds. The van der Waals surface area contributed by atoms with Crippen LogP contribution in [0.5, 0.6) is 0 Å². The molecule has 1 heterocycles. The highest BCUT2D eigenvalue weighted by Crippen LogP contribution is 2.29. The van der Waals surface area contributed by atoms with Gasteiger partial charge in [0.1, 0.15) is 0 Å². The number of hydrogen-bond acceptors (Lipinski definition) is 4. The summed E-state index contributed by atoms with van der Waals surface area (Å²) in [6, 6.07) is 0.656. The van der Waals surface area contributed by atoms with E-state index in [2.05, 4.69) is 31.1 Å². The van der Waals surface area contributed by atoms with Crippen LogP contribution >= 0.6 is 0 Å². The van der Waals surface area contributed by atoms with Crippen molar-refractivity contribution in [2.24, 2.45) is 5.73 Å². The summed E-state index contributed by atoms with van der Waals surface area (Å²) in [6.45, 7) is 6.63. The Morgan fingerprint density at radius 1 is 1.36 bits per heavy atom. The van der Waals surface area contributed by atoms with Crippen molar-refractivity contribution in [1.29, 1.82) is 0 Å². The van der Waals surface area contributed by atoms with Gasteiger partial charge in [0.2, 0.25) is 11.8 Å². The number of amides is 2. The van der Waals surface area contributed by atoms with E-state index in [4.69, 9.17) is 5.73 Å². The molecule has 0 aromatic rings. The maximum absolute atomic E-state index is 12.2. The van der Waals surface area contributed by atoms with Gasteiger partial charge in [-0.3, -0.25) is 9.59 Å². The molecule has 0 aromatic carbocycles. The van der Waals surface area contributed by atoms with Crippen LogP contribution < -0.4 is 11.1 Å². The van der Waals surface area contributed by atoms with Gasteiger partial charge in [-0.25, -0.2) is 0 Å². The van der Waals surface area contributed by atoms with Crippen molar-refractivity contribution in [2.75, 3.05) is 13.6 Å². The first-order valence-corrected chi connectivity index (χ1v) is 8.36. The Bertz CT molecular complexity index is 426. The fraction of sp³-hybridized carbons (Fsp3) is 0.875. The molecule has 0 aromatic heterocycles. The van der Waals surface area contributed by atoms with Gasteiger partial charge in [-0.2, -0.15) is 0 Å². The number of nitrogens with zero attached hydrogens (tertiary/aromatic N) is 2. The summed E-state index contributed by atoms with van der Waals surface area (Å²) < 4.78 is 0. The molecule has 2 fully saturated rings. The van der Waals surface area contributed by atoms with E-state index in [0.717, 1.165) is 25.7 Å². The topological polar surface area (TPSA) is 78.7 Å². The lowest BCUT2D eigenvalue weighted by Crippen LogP contribution is -2.58. The lowest BCUT2D eigenvalue weighted by Gasteiger charge is -2.44. The number of hydrogen-bond donors (Lipinski definition) is 2. The zero-order valence-corrected chi connectivity index (χ0v) is 14.2. The average Bonchev–Trinajstić information content (AvgIpc) is 2.77. The fourth-order valence-electron chi connectivity index (χ4n) is 3.77. The molecular formula is C16H30N4O2. The number of likely N-dealkylation sites (tertiary alicyclic amines) is 1. The van der Waals surface area contributed by atoms with E-state index in [1.54, 1.807) is 6.92 Å². The first-order valence-electron chi connectivity index (χ1n) is 8.36. The third kappa shape index (κ3) is 3.60. The molecule has 22 heavy (non-hydrogen) atoms. The largest absolute Gasteiger partial charge is 0.351 e. The molecule has 2 rings (SSSR count). The highest BCUT2D eigenvalue weighted by Gasteiger charge is 2.41. The second-order valence-corrected chi connectivity index (χ2v) is 7.03. The lowest BCUT2D eigenvalue weighted by molar-refractivity contribution is -0.133. The number of carbonyl (C=O) groups is 2. The second kappa shape index (κ2) is 6.96. The normalized spacial score (nSPS) is 32.9. The highest BCUT2D eigenvalue weighted by atomic mass is 16.2. The van der Waals surface area contributed by atoms with E-state index >= 15 is 0 Å². The molecule has 0 radical (unpaired) electrons. The number of nitrogens with one attached hydrogen (secondary N) is 1. The SMILES string of the molecule is CC(=O)N[C@@H]1CC(N(C)C(C)C)CCC1N1CC[C@H](N)C1=O. The van der Waals surface area contributed by atoms with Gasteiger partial charge in [-0.05, 0) is 46.6 Å². The summed E-state index contributed by atoms with van der Waals surface area (Å²) in [5.41, 5.74) is 5.85. The van der Waals surface area contributed by atoms with E-state index in [1.807, 2.05) is 4.90 Å². The summed E-state index contributed by atoms with van der Waals surface area (Å²) in [7, 11) is 2.14. The van der Waals surface area contributed by atoms with Crippen LogP contribution in [-0.4, -0.2) is 65.4 Å². The number of rotatable bonds is 4. The van der Waals surface area contributed by atoms with Crippen LogP contribution in [0.15, 0.2) is 0 Å². The van der Waals surface area contributed by atoms with E-state index < -0.39 is 0 Å². The van der Waals surface area contributed by atoms with Crippen LogP contribution in [0.25, 0.3) is 0 Å².